The van der Waals surface area contributed by atoms with Crippen LogP contribution in [0, 0.1) is 0 Å². The van der Waals surface area contributed by atoms with E-state index in [1.165, 1.54) is 44.7 Å². The normalized spacial score (nSPS) is 18.3. The Morgan fingerprint density at radius 2 is 1.74 bits per heavy atom. The molecule has 0 saturated heterocycles. The Bertz CT molecular complexity index is 366. The van der Waals surface area contributed by atoms with Crippen LogP contribution in [0.1, 0.15) is 64.7 Å². The van der Waals surface area contributed by atoms with Gasteiger partial charge in [-0.15, -0.1) is 0 Å². The van der Waals surface area contributed by atoms with E-state index in [1.54, 1.807) is 0 Å². The van der Waals surface area contributed by atoms with Gasteiger partial charge in [0.1, 0.15) is 0 Å². The van der Waals surface area contributed by atoms with Crippen molar-refractivity contribution < 1.29 is 13.5 Å². The van der Waals surface area contributed by atoms with E-state index in [0.29, 0.717) is 6.42 Å². The maximum Gasteiger partial charge on any atom is 0.176 e. The van der Waals surface area contributed by atoms with Crippen molar-refractivity contribution in [3.63, 3.8) is 0 Å². The lowest BCUT2D eigenvalue weighted by atomic mass is 9.98. The number of aliphatic hydroxyl groups excluding tert-OH is 1. The summed E-state index contributed by atoms with van der Waals surface area (Å²) < 4.78 is 22.7. The van der Waals surface area contributed by atoms with Gasteiger partial charge in [0, 0.05) is 12.3 Å². The Hall–Kier alpha value is -0.420. The lowest BCUT2D eigenvalue weighted by molar-refractivity contribution is 0.268. The summed E-state index contributed by atoms with van der Waals surface area (Å²) in [6, 6.07) is 0. The lowest BCUT2D eigenvalue weighted by Gasteiger charge is -2.12. The summed E-state index contributed by atoms with van der Waals surface area (Å²) >= 11 is 0. The first-order valence-electron chi connectivity index (χ1n) is 7.44. The molecular weight excluding hydrogens is 262 g/mol. The zero-order valence-electron chi connectivity index (χ0n) is 12.0. The van der Waals surface area contributed by atoms with Gasteiger partial charge in [-0.3, -0.25) is 4.99 Å². The second kappa shape index (κ2) is 8.69. The number of hydrogen-bond donors (Lipinski definition) is 1. The van der Waals surface area contributed by atoms with Gasteiger partial charge in [0.15, 0.2) is 15.3 Å². The molecule has 1 aliphatic rings. The minimum Gasteiger partial charge on any atom is -0.377 e. The predicted octanol–water partition coefficient (Wildman–Crippen LogP) is 2.71. The van der Waals surface area contributed by atoms with Crippen LogP contribution in [0.4, 0.5) is 0 Å². The molecule has 0 aromatic heterocycles. The number of aliphatic hydroxyl groups is 1. The number of unbranched alkanes of at least 4 members (excludes halogenated alkanes) is 3. The van der Waals surface area contributed by atoms with E-state index in [1.807, 2.05) is 0 Å². The lowest BCUT2D eigenvalue weighted by Crippen LogP contribution is -2.20. The number of rotatable bonds is 8. The molecule has 1 fully saturated rings. The SMILES string of the molecule is CC(O)S(=O)(=O)CCCCCCN=C1CCCCC1. The molecular formula is C14H27NO3S. The van der Waals surface area contributed by atoms with Crippen molar-refractivity contribution in [2.75, 3.05) is 12.3 Å². The van der Waals surface area contributed by atoms with Crippen LogP contribution < -0.4 is 0 Å². The molecule has 19 heavy (non-hydrogen) atoms. The van der Waals surface area contributed by atoms with Crippen LogP contribution in [0.25, 0.3) is 0 Å². The van der Waals surface area contributed by atoms with Crippen LogP contribution in [0.3, 0.4) is 0 Å². The van der Waals surface area contributed by atoms with Crippen LogP contribution in [0.15, 0.2) is 4.99 Å². The van der Waals surface area contributed by atoms with Crippen LogP contribution in [-0.4, -0.2) is 37.0 Å². The van der Waals surface area contributed by atoms with Crippen molar-refractivity contribution in [1.29, 1.82) is 0 Å². The van der Waals surface area contributed by atoms with Gasteiger partial charge >= 0.3 is 0 Å². The third-order valence-electron chi connectivity index (χ3n) is 3.62. The van der Waals surface area contributed by atoms with Gasteiger partial charge in [0.2, 0.25) is 0 Å². The van der Waals surface area contributed by atoms with Gasteiger partial charge in [0.25, 0.3) is 0 Å². The van der Waals surface area contributed by atoms with Crippen molar-refractivity contribution in [1.82, 2.24) is 0 Å². The van der Waals surface area contributed by atoms with Crippen LogP contribution in [-0.2, 0) is 9.84 Å². The summed E-state index contributed by atoms with van der Waals surface area (Å²) in [4.78, 5) is 4.62. The van der Waals surface area contributed by atoms with Gasteiger partial charge < -0.3 is 5.11 Å². The maximum atomic E-state index is 11.4. The fourth-order valence-corrected chi connectivity index (χ4v) is 3.24. The maximum absolute atomic E-state index is 11.4. The van der Waals surface area contributed by atoms with Crippen molar-refractivity contribution >= 4 is 15.5 Å². The second-order valence-corrected chi connectivity index (χ2v) is 7.81. The molecule has 1 saturated carbocycles. The Morgan fingerprint density at radius 1 is 1.11 bits per heavy atom. The molecule has 0 aromatic rings. The fourth-order valence-electron chi connectivity index (χ4n) is 2.29. The number of nitrogens with zero attached hydrogens (tertiary/aromatic N) is 1. The van der Waals surface area contributed by atoms with Crippen molar-refractivity contribution in [3.05, 3.63) is 0 Å². The summed E-state index contributed by atoms with van der Waals surface area (Å²) in [6.45, 7) is 2.20. The van der Waals surface area contributed by atoms with Crippen molar-refractivity contribution in [2.24, 2.45) is 4.99 Å². The van der Waals surface area contributed by atoms with E-state index in [0.717, 1.165) is 25.8 Å². The summed E-state index contributed by atoms with van der Waals surface area (Å²) in [6.07, 6.45) is 9.87. The highest BCUT2D eigenvalue weighted by molar-refractivity contribution is 7.91. The van der Waals surface area contributed by atoms with Crippen molar-refractivity contribution in [2.45, 2.75) is 70.1 Å². The molecule has 1 rings (SSSR count). The van der Waals surface area contributed by atoms with Crippen LogP contribution >= 0.6 is 0 Å². The average molecular weight is 289 g/mol. The zero-order valence-corrected chi connectivity index (χ0v) is 12.8. The van der Waals surface area contributed by atoms with Gasteiger partial charge in [0.05, 0.1) is 5.75 Å². The monoisotopic (exact) mass is 289 g/mol. The van der Waals surface area contributed by atoms with Crippen LogP contribution in [0.2, 0.25) is 0 Å². The molecule has 1 N–H and O–H groups in total. The summed E-state index contributed by atoms with van der Waals surface area (Å²) in [5, 5.41) is 9.06. The quantitative estimate of drug-likeness (QED) is 0.699. The molecule has 0 aromatic carbocycles. The topological polar surface area (TPSA) is 66.7 Å². The van der Waals surface area contributed by atoms with Gasteiger partial charge in [-0.25, -0.2) is 8.42 Å². The Balaban J connectivity index is 2.02. The van der Waals surface area contributed by atoms with E-state index in [-0.39, 0.29) is 5.75 Å². The Labute approximate surface area is 117 Å². The number of hydrogen-bond acceptors (Lipinski definition) is 4. The molecule has 0 aliphatic heterocycles. The smallest absolute Gasteiger partial charge is 0.176 e. The van der Waals surface area contributed by atoms with Gasteiger partial charge in [-0.1, -0.05) is 19.3 Å². The molecule has 4 nitrogen and oxygen atoms in total. The second-order valence-electron chi connectivity index (χ2n) is 5.39. The molecule has 1 unspecified atom stereocenters. The number of sulfone groups is 1. The van der Waals surface area contributed by atoms with Gasteiger partial charge in [-0.05, 0) is 45.4 Å². The van der Waals surface area contributed by atoms with E-state index in [4.69, 9.17) is 5.11 Å². The van der Waals surface area contributed by atoms with Crippen molar-refractivity contribution in [3.8, 4) is 0 Å². The molecule has 1 atom stereocenters. The van der Waals surface area contributed by atoms with Crippen LogP contribution in [0.5, 0.6) is 0 Å². The third kappa shape index (κ3) is 7.06. The average Bonchev–Trinajstić information content (AvgIpc) is 2.38. The molecule has 0 amide bonds. The largest absolute Gasteiger partial charge is 0.377 e. The molecule has 0 radical (unpaired) electrons. The minimum atomic E-state index is -3.28. The molecule has 0 bridgehead atoms. The standard InChI is InChI=1S/C14H27NO3S/c1-13(16)19(17,18)12-8-3-2-7-11-15-14-9-5-4-6-10-14/h13,16H,2-12H2,1H3. The molecule has 1 aliphatic carbocycles. The predicted molar refractivity (Wildman–Crippen MR) is 79.3 cm³/mol. The summed E-state index contributed by atoms with van der Waals surface area (Å²) in [5.74, 6) is 0.0964. The van der Waals surface area contributed by atoms with Gasteiger partial charge in [-0.2, -0.15) is 0 Å². The highest BCUT2D eigenvalue weighted by Crippen LogP contribution is 2.15. The minimum absolute atomic E-state index is 0.0964. The zero-order chi connectivity index (χ0) is 14.1. The first-order chi connectivity index (χ1) is 9.02. The first-order valence-corrected chi connectivity index (χ1v) is 9.16. The fraction of sp³-hybridized carbons (Fsp3) is 0.929. The van der Waals surface area contributed by atoms with E-state index < -0.39 is 15.3 Å². The first kappa shape index (κ1) is 16.6. The number of aliphatic imine (C=N–C) groups is 1. The highest BCUT2D eigenvalue weighted by Gasteiger charge is 2.16. The Kier molecular flexibility index (Phi) is 7.61. The molecule has 0 spiro atoms. The van der Waals surface area contributed by atoms with E-state index in [2.05, 4.69) is 4.99 Å². The molecule has 0 heterocycles. The molecule has 5 heteroatoms. The third-order valence-corrected chi connectivity index (χ3v) is 5.52. The Morgan fingerprint density at radius 3 is 2.37 bits per heavy atom. The molecule has 112 valence electrons. The summed E-state index contributed by atoms with van der Waals surface area (Å²) in [5.41, 5.74) is 0.146. The van der Waals surface area contributed by atoms with E-state index >= 15 is 0 Å². The summed E-state index contributed by atoms with van der Waals surface area (Å²) in [7, 11) is -3.28. The van der Waals surface area contributed by atoms with E-state index in [9.17, 15) is 8.42 Å². The highest BCUT2D eigenvalue weighted by atomic mass is 32.2.